The van der Waals surface area contributed by atoms with Crippen molar-refractivity contribution in [3.8, 4) is 0 Å². The summed E-state index contributed by atoms with van der Waals surface area (Å²) in [6.07, 6.45) is 7.01. The Morgan fingerprint density at radius 1 is 1.35 bits per heavy atom. The molecule has 0 aliphatic heterocycles. The summed E-state index contributed by atoms with van der Waals surface area (Å²) in [5.41, 5.74) is 0.610. The Hall–Kier alpha value is -1.62. The largest absolute Gasteiger partial charge is 0.478 e. The third-order valence-electron chi connectivity index (χ3n) is 3.62. The fourth-order valence-electron chi connectivity index (χ4n) is 2.39. The second kappa shape index (κ2) is 6.70. The molecular formula is C15H19NO3S. The summed E-state index contributed by atoms with van der Waals surface area (Å²) >= 11 is 1.37. The second-order valence-electron chi connectivity index (χ2n) is 5.34. The van der Waals surface area contributed by atoms with Crippen LogP contribution in [0.15, 0.2) is 17.5 Å². The highest BCUT2D eigenvalue weighted by Gasteiger charge is 2.20. The quantitative estimate of drug-likeness (QED) is 0.838. The lowest BCUT2D eigenvalue weighted by molar-refractivity contribution is -0.131. The number of carboxylic acid groups (broad SMARTS) is 1. The van der Waals surface area contributed by atoms with Gasteiger partial charge in [-0.2, -0.15) is 0 Å². The van der Waals surface area contributed by atoms with Crippen molar-refractivity contribution >= 4 is 29.3 Å². The summed E-state index contributed by atoms with van der Waals surface area (Å²) in [5.74, 6) is -0.284. The molecule has 2 N–H and O–H groups in total. The Morgan fingerprint density at radius 3 is 2.70 bits per heavy atom. The lowest BCUT2D eigenvalue weighted by atomic mass is 9.87. The van der Waals surface area contributed by atoms with Crippen LogP contribution in [0, 0.1) is 5.92 Å². The average molecular weight is 293 g/mol. The molecule has 1 aliphatic carbocycles. The van der Waals surface area contributed by atoms with Gasteiger partial charge in [-0.1, -0.05) is 6.92 Å². The summed E-state index contributed by atoms with van der Waals surface area (Å²) < 4.78 is 0. The summed E-state index contributed by atoms with van der Waals surface area (Å²) in [6.45, 7) is 2.25. The van der Waals surface area contributed by atoms with Crippen molar-refractivity contribution in [2.75, 3.05) is 0 Å². The van der Waals surface area contributed by atoms with Gasteiger partial charge in [0.05, 0.1) is 5.56 Å². The fraction of sp³-hybridized carbons (Fsp3) is 0.467. The van der Waals surface area contributed by atoms with Gasteiger partial charge in [-0.15, -0.1) is 11.3 Å². The summed E-state index contributed by atoms with van der Waals surface area (Å²) in [5, 5.41) is 13.4. The van der Waals surface area contributed by atoms with Gasteiger partial charge in [0.2, 0.25) is 0 Å². The Labute approximate surface area is 122 Å². The van der Waals surface area contributed by atoms with Crippen LogP contribution in [0.4, 0.5) is 0 Å². The Kier molecular flexibility index (Phi) is 4.95. The molecule has 4 nitrogen and oxygen atoms in total. The van der Waals surface area contributed by atoms with Crippen molar-refractivity contribution in [1.82, 2.24) is 5.32 Å². The maximum absolute atomic E-state index is 12.1. The van der Waals surface area contributed by atoms with Crippen molar-refractivity contribution in [3.05, 3.63) is 28.0 Å². The third kappa shape index (κ3) is 4.20. The fourth-order valence-corrected chi connectivity index (χ4v) is 3.17. The van der Waals surface area contributed by atoms with Crippen LogP contribution >= 0.6 is 11.3 Å². The van der Waals surface area contributed by atoms with Crippen molar-refractivity contribution in [3.63, 3.8) is 0 Å². The van der Waals surface area contributed by atoms with E-state index in [1.807, 2.05) is 0 Å². The number of carbonyl (C=O) groups is 2. The molecule has 1 amide bonds. The zero-order valence-electron chi connectivity index (χ0n) is 11.5. The van der Waals surface area contributed by atoms with E-state index in [1.54, 1.807) is 11.4 Å². The predicted octanol–water partition coefficient (Wildman–Crippen LogP) is 3.15. The molecule has 0 saturated heterocycles. The Balaban J connectivity index is 1.91. The van der Waals surface area contributed by atoms with Gasteiger partial charge >= 0.3 is 5.97 Å². The molecule has 1 aromatic rings. The number of nitrogens with one attached hydrogen (secondary N) is 1. The van der Waals surface area contributed by atoms with Gasteiger partial charge in [0, 0.05) is 22.4 Å². The van der Waals surface area contributed by atoms with E-state index in [0.717, 1.165) is 29.7 Å². The molecule has 0 atom stereocenters. The number of rotatable bonds is 4. The minimum atomic E-state index is -0.985. The first-order chi connectivity index (χ1) is 9.54. The molecule has 1 fully saturated rings. The molecule has 5 heteroatoms. The van der Waals surface area contributed by atoms with E-state index < -0.39 is 5.97 Å². The van der Waals surface area contributed by atoms with Crippen molar-refractivity contribution in [1.29, 1.82) is 0 Å². The molecule has 1 saturated carbocycles. The van der Waals surface area contributed by atoms with Crippen molar-refractivity contribution in [2.45, 2.75) is 38.6 Å². The number of carboxylic acids is 1. The van der Waals surface area contributed by atoms with Crippen LogP contribution < -0.4 is 5.32 Å². The lowest BCUT2D eigenvalue weighted by Crippen LogP contribution is -2.37. The minimum absolute atomic E-state index is 0.0595. The van der Waals surface area contributed by atoms with Crippen molar-refractivity contribution < 1.29 is 14.7 Å². The molecule has 20 heavy (non-hydrogen) atoms. The lowest BCUT2D eigenvalue weighted by Gasteiger charge is -2.26. The minimum Gasteiger partial charge on any atom is -0.478 e. The van der Waals surface area contributed by atoms with Crippen LogP contribution in [-0.2, 0) is 4.79 Å². The number of hydrogen-bond donors (Lipinski definition) is 2. The molecule has 0 aromatic carbocycles. The summed E-state index contributed by atoms with van der Waals surface area (Å²) in [4.78, 5) is 23.3. The third-order valence-corrected chi connectivity index (χ3v) is 4.52. The predicted molar refractivity (Wildman–Crippen MR) is 79.9 cm³/mol. The van der Waals surface area contributed by atoms with Gasteiger partial charge < -0.3 is 10.4 Å². The summed E-state index contributed by atoms with van der Waals surface area (Å²) in [6, 6.07) is 2.00. The first-order valence-corrected chi connectivity index (χ1v) is 7.73. The van der Waals surface area contributed by atoms with Gasteiger partial charge in [-0.25, -0.2) is 4.79 Å². The zero-order chi connectivity index (χ0) is 14.5. The van der Waals surface area contributed by atoms with Gasteiger partial charge in [-0.3, -0.25) is 4.79 Å². The molecular weight excluding hydrogens is 274 g/mol. The van der Waals surface area contributed by atoms with Crippen LogP contribution in [0.25, 0.3) is 6.08 Å². The van der Waals surface area contributed by atoms with E-state index in [1.165, 1.54) is 30.3 Å². The highest BCUT2D eigenvalue weighted by atomic mass is 32.1. The van der Waals surface area contributed by atoms with E-state index in [2.05, 4.69) is 12.2 Å². The normalized spacial score (nSPS) is 22.9. The maximum Gasteiger partial charge on any atom is 0.328 e. The first kappa shape index (κ1) is 14.8. The van der Waals surface area contributed by atoms with E-state index in [-0.39, 0.29) is 11.9 Å². The zero-order valence-corrected chi connectivity index (χ0v) is 12.3. The van der Waals surface area contributed by atoms with Crippen LogP contribution in [-0.4, -0.2) is 23.0 Å². The SMILES string of the molecule is CC1CCC(NC(=O)c2csc(C=CC(=O)O)c2)CC1. The van der Waals surface area contributed by atoms with E-state index in [0.29, 0.717) is 5.56 Å². The van der Waals surface area contributed by atoms with Crippen LogP contribution in [0.5, 0.6) is 0 Å². The number of carbonyl (C=O) groups excluding carboxylic acids is 1. The van der Waals surface area contributed by atoms with Gasteiger partial charge in [0.1, 0.15) is 0 Å². The molecule has 0 bridgehead atoms. The molecule has 0 unspecified atom stereocenters. The maximum atomic E-state index is 12.1. The second-order valence-corrected chi connectivity index (χ2v) is 6.28. The standard InChI is InChI=1S/C15H19NO3S/c1-10-2-4-12(5-3-10)16-15(19)11-8-13(20-9-11)6-7-14(17)18/h6-10,12H,2-5H2,1H3,(H,16,19)(H,17,18). The topological polar surface area (TPSA) is 66.4 Å². The molecule has 0 spiro atoms. The van der Waals surface area contributed by atoms with Crippen molar-refractivity contribution in [2.24, 2.45) is 5.92 Å². The molecule has 108 valence electrons. The monoisotopic (exact) mass is 293 g/mol. The smallest absolute Gasteiger partial charge is 0.328 e. The van der Waals surface area contributed by atoms with Crippen LogP contribution in [0.1, 0.15) is 47.8 Å². The Bertz CT molecular complexity index is 513. The molecule has 2 rings (SSSR count). The van der Waals surface area contributed by atoms with E-state index >= 15 is 0 Å². The number of amides is 1. The molecule has 0 radical (unpaired) electrons. The Morgan fingerprint density at radius 2 is 2.05 bits per heavy atom. The van der Waals surface area contributed by atoms with Crippen LogP contribution in [0.3, 0.4) is 0 Å². The highest BCUT2D eigenvalue weighted by Crippen LogP contribution is 2.24. The van der Waals surface area contributed by atoms with Gasteiger partial charge in [0.25, 0.3) is 5.91 Å². The molecule has 1 aromatic heterocycles. The van der Waals surface area contributed by atoms with E-state index in [4.69, 9.17) is 5.11 Å². The van der Waals surface area contributed by atoms with E-state index in [9.17, 15) is 9.59 Å². The highest BCUT2D eigenvalue weighted by molar-refractivity contribution is 7.11. The number of hydrogen-bond acceptors (Lipinski definition) is 3. The van der Waals surface area contributed by atoms with Gasteiger partial charge in [-0.05, 0) is 43.7 Å². The van der Waals surface area contributed by atoms with Crippen LogP contribution in [0.2, 0.25) is 0 Å². The molecule has 1 heterocycles. The summed E-state index contributed by atoms with van der Waals surface area (Å²) in [7, 11) is 0. The number of thiophene rings is 1. The van der Waals surface area contributed by atoms with Gasteiger partial charge in [0.15, 0.2) is 0 Å². The average Bonchev–Trinajstić information content (AvgIpc) is 2.88. The number of aliphatic carboxylic acids is 1. The molecule has 1 aliphatic rings. The first-order valence-electron chi connectivity index (χ1n) is 6.85.